The zero-order valence-electron chi connectivity index (χ0n) is 9.94. The monoisotopic (exact) mass is 365 g/mol. The molecule has 130 valence electrons. The molecule has 7 nitrogen and oxygen atoms in total. The number of alkyl halides is 7. The van der Waals surface area contributed by atoms with Gasteiger partial charge in [-0.05, 0) is 0 Å². The molecule has 4 N–H and O–H groups in total. The average Bonchev–Trinajstić information content (AvgIpc) is 2.24. The third kappa shape index (κ3) is 4.15. The number of ketones is 1. The van der Waals surface area contributed by atoms with E-state index in [4.69, 9.17) is 14.9 Å². The maximum absolute atomic E-state index is 13.0. The Labute approximate surface area is 116 Å². The number of Topliss-reactive ketones (excluding diaryl/α,β-unsaturated/α-hetero) is 1. The maximum Gasteiger partial charge on any atom is 0.460 e. The number of nitrogens with one attached hydrogen (secondary N) is 1. The fraction of sp³-hybridized carbons (Fsp3) is 0.714. The third-order valence-electron chi connectivity index (χ3n) is 2.09. The van der Waals surface area contributed by atoms with Crippen LogP contribution in [-0.4, -0.2) is 57.0 Å². The van der Waals surface area contributed by atoms with E-state index in [9.17, 15) is 44.9 Å². The SMILES string of the molecule is O=C(O)CNC(C(=O)C(F)(F)C(F)(F)C(F)(F)F)P(=O)(O)O. The Morgan fingerprint density at radius 1 is 1.05 bits per heavy atom. The van der Waals surface area contributed by atoms with Crippen molar-refractivity contribution in [1.29, 1.82) is 0 Å². The highest BCUT2D eigenvalue weighted by Gasteiger charge is 2.77. The Balaban J connectivity index is 5.74. The quantitative estimate of drug-likeness (QED) is 0.384. The highest BCUT2D eigenvalue weighted by molar-refractivity contribution is 7.53. The molecule has 0 aromatic rings. The topological polar surface area (TPSA) is 124 Å². The second-order valence-electron chi connectivity index (χ2n) is 3.78. The number of aliphatic carboxylic acids is 1. The summed E-state index contributed by atoms with van der Waals surface area (Å²) in [5.74, 6) is -22.5. The van der Waals surface area contributed by atoms with Crippen molar-refractivity contribution in [1.82, 2.24) is 5.32 Å². The Bertz CT molecular complexity index is 500. The summed E-state index contributed by atoms with van der Waals surface area (Å²) in [4.78, 5) is 38.3. The van der Waals surface area contributed by atoms with Gasteiger partial charge in [0.15, 0.2) is 5.78 Å². The summed E-state index contributed by atoms with van der Waals surface area (Å²) < 4.78 is 97.7. The molecule has 0 fully saturated rings. The summed E-state index contributed by atoms with van der Waals surface area (Å²) in [5, 5.41) is 9.16. The first-order chi connectivity index (χ1) is 9.46. The van der Waals surface area contributed by atoms with E-state index in [-0.39, 0.29) is 0 Å². The van der Waals surface area contributed by atoms with Gasteiger partial charge in [-0.3, -0.25) is 19.5 Å². The van der Waals surface area contributed by atoms with E-state index >= 15 is 0 Å². The van der Waals surface area contributed by atoms with Crippen molar-refractivity contribution in [2.24, 2.45) is 0 Å². The lowest BCUT2D eigenvalue weighted by molar-refractivity contribution is -0.343. The highest BCUT2D eigenvalue weighted by atomic mass is 31.2. The minimum Gasteiger partial charge on any atom is -0.480 e. The highest BCUT2D eigenvalue weighted by Crippen LogP contribution is 2.50. The Hall–Kier alpha value is -1.24. The van der Waals surface area contributed by atoms with Crippen LogP contribution in [-0.2, 0) is 14.2 Å². The standard InChI is InChI=1S/C7H7F7NO6P/c8-5(9,6(10,11)7(12,13)14)3(18)4(22(19,20)21)15-1-2(16)17/h4,15H,1H2,(H,16,17)(H2,19,20,21). The van der Waals surface area contributed by atoms with E-state index in [1.807, 2.05) is 0 Å². The zero-order valence-corrected chi connectivity index (χ0v) is 10.8. The van der Waals surface area contributed by atoms with Gasteiger partial charge in [0.2, 0.25) is 5.78 Å². The summed E-state index contributed by atoms with van der Waals surface area (Å²) >= 11 is 0. The van der Waals surface area contributed by atoms with Crippen molar-refractivity contribution in [3.63, 3.8) is 0 Å². The van der Waals surface area contributed by atoms with Crippen LogP contribution >= 0.6 is 7.60 Å². The van der Waals surface area contributed by atoms with Crippen molar-refractivity contribution < 1.29 is 59.8 Å². The largest absolute Gasteiger partial charge is 0.480 e. The first kappa shape index (κ1) is 20.8. The molecule has 1 unspecified atom stereocenters. The normalized spacial score (nSPS) is 15.5. The summed E-state index contributed by atoms with van der Waals surface area (Å²) in [6.45, 7) is -1.56. The lowest BCUT2D eigenvalue weighted by Crippen LogP contribution is -2.60. The van der Waals surface area contributed by atoms with Crippen LogP contribution in [0.15, 0.2) is 0 Å². The number of hydrogen-bond acceptors (Lipinski definition) is 4. The predicted octanol–water partition coefficient (Wildman–Crippen LogP) is 0.566. The van der Waals surface area contributed by atoms with Gasteiger partial charge >= 0.3 is 31.6 Å². The van der Waals surface area contributed by atoms with E-state index in [2.05, 4.69) is 0 Å². The number of hydrogen-bond donors (Lipinski definition) is 4. The van der Waals surface area contributed by atoms with Crippen LogP contribution in [0.4, 0.5) is 30.7 Å². The summed E-state index contributed by atoms with van der Waals surface area (Å²) in [7, 11) is -6.01. The summed E-state index contributed by atoms with van der Waals surface area (Å²) in [6, 6.07) is 0. The molecule has 0 saturated carbocycles. The molecule has 22 heavy (non-hydrogen) atoms. The summed E-state index contributed by atoms with van der Waals surface area (Å²) in [6.07, 6.45) is -6.89. The Kier molecular flexibility index (Phi) is 5.76. The molecule has 0 radical (unpaired) electrons. The molecule has 0 heterocycles. The van der Waals surface area contributed by atoms with Crippen molar-refractivity contribution in [2.75, 3.05) is 6.54 Å². The molecule has 1 atom stereocenters. The minimum absolute atomic E-state index is 0.996. The average molecular weight is 365 g/mol. The number of carboxylic acid groups (broad SMARTS) is 1. The fourth-order valence-electron chi connectivity index (χ4n) is 1.05. The van der Waals surface area contributed by atoms with Gasteiger partial charge in [-0.1, -0.05) is 0 Å². The molecular weight excluding hydrogens is 358 g/mol. The molecule has 0 aliphatic heterocycles. The van der Waals surface area contributed by atoms with Crippen molar-refractivity contribution in [2.45, 2.75) is 23.8 Å². The molecule has 0 amide bonds. The van der Waals surface area contributed by atoms with Crippen LogP contribution in [0, 0.1) is 0 Å². The molecule has 0 saturated heterocycles. The molecule has 15 heteroatoms. The second-order valence-corrected chi connectivity index (χ2v) is 5.47. The van der Waals surface area contributed by atoms with E-state index in [1.54, 1.807) is 0 Å². The molecule has 0 bridgehead atoms. The molecule has 0 spiro atoms. The van der Waals surface area contributed by atoms with Crippen molar-refractivity contribution in [3.05, 3.63) is 0 Å². The molecule has 0 rings (SSSR count). The molecule has 0 aliphatic rings. The lowest BCUT2D eigenvalue weighted by Gasteiger charge is -2.29. The maximum atomic E-state index is 13.0. The number of carbonyl (C=O) groups is 2. The Morgan fingerprint density at radius 3 is 1.73 bits per heavy atom. The van der Waals surface area contributed by atoms with E-state index in [0.29, 0.717) is 0 Å². The molecular formula is C7H7F7NO6P. The van der Waals surface area contributed by atoms with Gasteiger partial charge in [0.25, 0.3) is 0 Å². The number of carbonyl (C=O) groups excluding carboxylic acids is 1. The van der Waals surface area contributed by atoms with Crippen molar-refractivity contribution in [3.8, 4) is 0 Å². The van der Waals surface area contributed by atoms with Crippen LogP contribution in [0.1, 0.15) is 0 Å². The van der Waals surface area contributed by atoms with E-state index < -0.39 is 49.7 Å². The molecule has 0 aromatic heterocycles. The minimum atomic E-state index is -6.92. The van der Waals surface area contributed by atoms with Crippen molar-refractivity contribution >= 4 is 19.3 Å². The summed E-state index contributed by atoms with van der Waals surface area (Å²) in [5.41, 5.74) is 0. The van der Waals surface area contributed by atoms with Crippen LogP contribution < -0.4 is 5.32 Å². The van der Waals surface area contributed by atoms with Gasteiger partial charge in [-0.2, -0.15) is 30.7 Å². The molecule has 0 aromatic carbocycles. The van der Waals surface area contributed by atoms with E-state index in [1.165, 1.54) is 0 Å². The number of carboxylic acids is 1. The lowest BCUT2D eigenvalue weighted by atomic mass is 10.1. The van der Waals surface area contributed by atoms with Gasteiger partial charge in [-0.15, -0.1) is 0 Å². The zero-order chi connectivity index (χ0) is 18.1. The third-order valence-corrected chi connectivity index (χ3v) is 3.18. The van der Waals surface area contributed by atoms with Crippen LogP contribution in [0.2, 0.25) is 0 Å². The van der Waals surface area contributed by atoms with Gasteiger partial charge in [0.1, 0.15) is 0 Å². The second kappa shape index (κ2) is 6.10. The molecule has 0 aliphatic carbocycles. The first-order valence-corrected chi connectivity index (χ1v) is 6.51. The van der Waals surface area contributed by atoms with Crippen LogP contribution in [0.5, 0.6) is 0 Å². The smallest absolute Gasteiger partial charge is 0.460 e. The first-order valence-electron chi connectivity index (χ1n) is 4.83. The van der Waals surface area contributed by atoms with Gasteiger partial charge in [-0.25, -0.2) is 0 Å². The number of halogens is 7. The van der Waals surface area contributed by atoms with Gasteiger partial charge in [0, 0.05) is 0 Å². The van der Waals surface area contributed by atoms with Crippen LogP contribution in [0.3, 0.4) is 0 Å². The number of rotatable bonds is 7. The van der Waals surface area contributed by atoms with Gasteiger partial charge in [0.05, 0.1) is 6.54 Å². The van der Waals surface area contributed by atoms with Gasteiger partial charge < -0.3 is 14.9 Å². The predicted molar refractivity (Wildman–Crippen MR) is 52.4 cm³/mol. The van der Waals surface area contributed by atoms with Crippen LogP contribution in [0.25, 0.3) is 0 Å². The Morgan fingerprint density at radius 2 is 1.45 bits per heavy atom. The fourth-order valence-corrected chi connectivity index (χ4v) is 1.85. The van der Waals surface area contributed by atoms with E-state index in [0.717, 1.165) is 5.32 Å².